The van der Waals surface area contributed by atoms with Crippen molar-refractivity contribution in [3.05, 3.63) is 70.6 Å². The molecule has 0 fully saturated rings. The van der Waals surface area contributed by atoms with Gasteiger partial charge in [-0.25, -0.2) is 4.79 Å². The van der Waals surface area contributed by atoms with Gasteiger partial charge >= 0.3 is 5.97 Å². The van der Waals surface area contributed by atoms with Gasteiger partial charge in [-0.1, -0.05) is 30.2 Å². The SMILES string of the molecule is CC(=CCCc1ccoc1)CCCC(C)=CCC[C@@H](C)C=C1OC(=O)C(C)=C1O. The first kappa shape index (κ1) is 22.8. The van der Waals surface area contributed by atoms with E-state index in [1.54, 1.807) is 13.2 Å². The number of hydrogen-bond acceptors (Lipinski definition) is 4. The van der Waals surface area contributed by atoms with Gasteiger partial charge in [0.05, 0.1) is 18.1 Å². The Labute approximate surface area is 174 Å². The molecule has 0 aromatic carbocycles. The second-order valence-electron chi connectivity index (χ2n) is 8.07. The van der Waals surface area contributed by atoms with Crippen LogP contribution in [0.15, 0.2) is 69.5 Å². The first-order valence-corrected chi connectivity index (χ1v) is 10.5. The van der Waals surface area contributed by atoms with Crippen LogP contribution in [0, 0.1) is 5.92 Å². The minimum absolute atomic E-state index is 0.0261. The highest BCUT2D eigenvalue weighted by molar-refractivity contribution is 5.93. The third-order valence-corrected chi connectivity index (χ3v) is 5.30. The van der Waals surface area contributed by atoms with Gasteiger partial charge in [0.25, 0.3) is 0 Å². The summed E-state index contributed by atoms with van der Waals surface area (Å²) in [6.07, 6.45) is 17.5. The monoisotopic (exact) mass is 398 g/mol. The van der Waals surface area contributed by atoms with Gasteiger partial charge in [-0.15, -0.1) is 0 Å². The Bertz CT molecular complexity index is 791. The van der Waals surface area contributed by atoms with Gasteiger partial charge in [0.15, 0.2) is 11.5 Å². The molecule has 1 atom stereocenters. The van der Waals surface area contributed by atoms with Crippen molar-refractivity contribution in [1.29, 1.82) is 0 Å². The number of esters is 1. The van der Waals surface area contributed by atoms with Crippen LogP contribution in [0.5, 0.6) is 0 Å². The maximum Gasteiger partial charge on any atom is 0.343 e. The summed E-state index contributed by atoms with van der Waals surface area (Å²) in [5.41, 5.74) is 4.41. The highest BCUT2D eigenvalue weighted by Crippen LogP contribution is 2.26. The summed E-state index contributed by atoms with van der Waals surface area (Å²) in [5, 5.41) is 9.88. The van der Waals surface area contributed by atoms with Crippen LogP contribution < -0.4 is 0 Å². The van der Waals surface area contributed by atoms with Crippen LogP contribution in [0.25, 0.3) is 0 Å². The number of ether oxygens (including phenoxy) is 1. The number of aryl methyl sites for hydroxylation is 1. The van der Waals surface area contributed by atoms with Gasteiger partial charge in [0, 0.05) is 0 Å². The summed E-state index contributed by atoms with van der Waals surface area (Å²) in [4.78, 5) is 11.4. The van der Waals surface area contributed by atoms with E-state index in [2.05, 4.69) is 32.9 Å². The molecule has 0 unspecified atom stereocenters. The van der Waals surface area contributed by atoms with Crippen molar-refractivity contribution < 1.29 is 19.1 Å². The molecule has 0 spiro atoms. The van der Waals surface area contributed by atoms with E-state index in [1.807, 2.05) is 18.4 Å². The molecule has 1 aliphatic heterocycles. The molecule has 2 heterocycles. The fraction of sp³-hybridized carbons (Fsp3) is 0.480. The number of carbonyl (C=O) groups is 1. The molecule has 0 amide bonds. The number of allylic oxidation sites excluding steroid dienone is 5. The second kappa shape index (κ2) is 11.5. The molecule has 1 aliphatic rings. The first-order valence-electron chi connectivity index (χ1n) is 10.5. The van der Waals surface area contributed by atoms with E-state index in [-0.39, 0.29) is 17.3 Å². The van der Waals surface area contributed by atoms with Crippen molar-refractivity contribution in [2.75, 3.05) is 0 Å². The smallest absolute Gasteiger partial charge is 0.343 e. The number of hydrogen-bond donors (Lipinski definition) is 1. The van der Waals surface area contributed by atoms with E-state index < -0.39 is 5.97 Å². The summed E-state index contributed by atoms with van der Waals surface area (Å²) in [5.74, 6) is 0.0512. The lowest BCUT2D eigenvalue weighted by Gasteiger charge is -2.07. The number of rotatable bonds is 11. The molecular weight excluding hydrogens is 364 g/mol. The third kappa shape index (κ3) is 7.80. The third-order valence-electron chi connectivity index (χ3n) is 5.30. The lowest BCUT2D eigenvalue weighted by atomic mass is 10.0. The lowest BCUT2D eigenvalue weighted by molar-refractivity contribution is -0.133. The molecule has 0 saturated heterocycles. The lowest BCUT2D eigenvalue weighted by Crippen LogP contribution is -1.97. The minimum atomic E-state index is -0.456. The largest absolute Gasteiger partial charge is 0.504 e. The normalized spacial score (nSPS) is 17.9. The van der Waals surface area contributed by atoms with Crippen molar-refractivity contribution in [2.45, 2.75) is 72.6 Å². The predicted molar refractivity (Wildman–Crippen MR) is 116 cm³/mol. The predicted octanol–water partition coefficient (Wildman–Crippen LogP) is 6.96. The van der Waals surface area contributed by atoms with Crippen LogP contribution >= 0.6 is 0 Å². The molecule has 1 N–H and O–H groups in total. The van der Waals surface area contributed by atoms with Gasteiger partial charge < -0.3 is 14.3 Å². The molecule has 2 rings (SSSR count). The Balaban J connectivity index is 1.64. The molecule has 0 aliphatic carbocycles. The van der Waals surface area contributed by atoms with E-state index in [0.29, 0.717) is 5.76 Å². The van der Waals surface area contributed by atoms with Crippen molar-refractivity contribution in [3.63, 3.8) is 0 Å². The Morgan fingerprint density at radius 1 is 1.17 bits per heavy atom. The number of aliphatic hydroxyl groups excluding tert-OH is 1. The average molecular weight is 399 g/mol. The number of carbonyl (C=O) groups excluding carboxylic acids is 1. The highest BCUT2D eigenvalue weighted by Gasteiger charge is 2.26. The summed E-state index contributed by atoms with van der Waals surface area (Å²) in [6.45, 7) is 8.05. The van der Waals surface area contributed by atoms with Crippen molar-refractivity contribution >= 4 is 5.97 Å². The molecule has 1 aromatic heterocycles. The van der Waals surface area contributed by atoms with Crippen molar-refractivity contribution in [3.8, 4) is 0 Å². The van der Waals surface area contributed by atoms with Gasteiger partial charge in [0.1, 0.15) is 0 Å². The Morgan fingerprint density at radius 2 is 1.86 bits per heavy atom. The first-order chi connectivity index (χ1) is 13.9. The van der Waals surface area contributed by atoms with Crippen molar-refractivity contribution in [1.82, 2.24) is 0 Å². The maximum absolute atomic E-state index is 11.4. The zero-order chi connectivity index (χ0) is 21.2. The summed E-state index contributed by atoms with van der Waals surface area (Å²) in [7, 11) is 0. The number of furan rings is 1. The summed E-state index contributed by atoms with van der Waals surface area (Å²) in [6, 6.07) is 2.02. The zero-order valence-electron chi connectivity index (χ0n) is 18.2. The average Bonchev–Trinajstić information content (AvgIpc) is 3.27. The van der Waals surface area contributed by atoms with Crippen LogP contribution in [-0.2, 0) is 16.0 Å². The van der Waals surface area contributed by atoms with E-state index >= 15 is 0 Å². The molecule has 158 valence electrons. The molecule has 1 aromatic rings. The van der Waals surface area contributed by atoms with Crippen molar-refractivity contribution in [2.24, 2.45) is 5.92 Å². The molecule has 0 radical (unpaired) electrons. The van der Waals surface area contributed by atoms with E-state index in [1.165, 1.54) is 23.1 Å². The molecular formula is C25H34O4. The standard InChI is InChI=1S/C25H34O4/c1-18(8-5-9-19(2)11-7-13-22-14-15-28-17-22)10-6-12-20(3)16-23-24(26)21(4)25(27)29-23/h10-11,14-17,20,26H,5-9,12-13H2,1-4H3/t20-/m1/s1. The number of aliphatic hydroxyl groups is 1. The fourth-order valence-corrected chi connectivity index (χ4v) is 3.32. The fourth-order valence-electron chi connectivity index (χ4n) is 3.32. The Morgan fingerprint density at radius 3 is 2.45 bits per heavy atom. The number of cyclic esters (lactones) is 1. The van der Waals surface area contributed by atoms with Gasteiger partial charge in [0.2, 0.25) is 0 Å². The van der Waals surface area contributed by atoms with Crippen LogP contribution in [0.4, 0.5) is 0 Å². The molecule has 4 heteroatoms. The molecule has 0 saturated carbocycles. The molecule has 4 nitrogen and oxygen atoms in total. The maximum atomic E-state index is 11.4. The van der Waals surface area contributed by atoms with Crippen LogP contribution in [0.3, 0.4) is 0 Å². The molecule has 29 heavy (non-hydrogen) atoms. The van der Waals surface area contributed by atoms with Crippen LogP contribution in [0.2, 0.25) is 0 Å². The quantitative estimate of drug-likeness (QED) is 0.323. The summed E-state index contributed by atoms with van der Waals surface area (Å²) >= 11 is 0. The topological polar surface area (TPSA) is 59.7 Å². The minimum Gasteiger partial charge on any atom is -0.504 e. The summed E-state index contributed by atoms with van der Waals surface area (Å²) < 4.78 is 10.2. The van der Waals surface area contributed by atoms with E-state index in [9.17, 15) is 9.90 Å². The van der Waals surface area contributed by atoms with E-state index in [4.69, 9.17) is 9.15 Å². The van der Waals surface area contributed by atoms with Crippen LogP contribution in [-0.4, -0.2) is 11.1 Å². The highest BCUT2D eigenvalue weighted by atomic mass is 16.6. The Hall–Kier alpha value is -2.49. The van der Waals surface area contributed by atoms with E-state index in [0.717, 1.165) is 38.5 Å². The molecule has 0 bridgehead atoms. The second-order valence-corrected chi connectivity index (χ2v) is 8.07. The van der Waals surface area contributed by atoms with Gasteiger partial charge in [-0.2, -0.15) is 0 Å². The zero-order valence-corrected chi connectivity index (χ0v) is 18.2. The van der Waals surface area contributed by atoms with Crippen LogP contribution in [0.1, 0.15) is 71.8 Å². The van der Waals surface area contributed by atoms with Gasteiger partial charge in [-0.05, 0) is 89.3 Å². The van der Waals surface area contributed by atoms with Gasteiger partial charge in [-0.3, -0.25) is 0 Å². The Kier molecular flexibility index (Phi) is 9.04.